The molecule has 1 saturated carbocycles. The van der Waals surface area contributed by atoms with Gasteiger partial charge in [-0.2, -0.15) is 5.10 Å². The molecule has 11 heavy (non-hydrogen) atoms. The second-order valence-electron chi connectivity index (χ2n) is 2.99. The molecule has 2 nitrogen and oxygen atoms in total. The molecule has 1 heterocycles. The van der Waals surface area contributed by atoms with Crippen LogP contribution in [-0.4, -0.2) is 9.78 Å². The Kier molecular flexibility index (Phi) is 1.75. The summed E-state index contributed by atoms with van der Waals surface area (Å²) < 4.78 is 3.17. The number of halogens is 1. The van der Waals surface area contributed by atoms with Gasteiger partial charge in [-0.05, 0) is 35.7 Å². The third-order valence-corrected chi connectivity index (χ3v) is 2.64. The Balaban J connectivity index is 2.30. The Bertz CT molecular complexity index is 263. The van der Waals surface area contributed by atoms with E-state index in [0.29, 0.717) is 0 Å². The van der Waals surface area contributed by atoms with Gasteiger partial charge in [-0.25, -0.2) is 0 Å². The molecule has 60 valence electrons. The molecular formula is C8H11BrN2. The van der Waals surface area contributed by atoms with E-state index in [1.807, 2.05) is 4.68 Å². The highest BCUT2D eigenvalue weighted by Gasteiger charge is 2.28. The van der Waals surface area contributed by atoms with E-state index in [2.05, 4.69) is 34.1 Å². The van der Waals surface area contributed by atoms with Crippen molar-refractivity contribution in [3.63, 3.8) is 0 Å². The highest BCUT2D eigenvalue weighted by atomic mass is 79.9. The predicted octanol–water partition coefficient (Wildman–Crippen LogP) is 2.54. The fraction of sp³-hybridized carbons (Fsp3) is 0.625. The second-order valence-corrected chi connectivity index (χ2v) is 3.85. The van der Waals surface area contributed by atoms with Crippen molar-refractivity contribution in [1.82, 2.24) is 9.78 Å². The first-order chi connectivity index (χ1) is 5.31. The maximum absolute atomic E-state index is 4.46. The Morgan fingerprint density at radius 3 is 2.91 bits per heavy atom. The quantitative estimate of drug-likeness (QED) is 0.741. The molecule has 1 aliphatic rings. The third-order valence-electron chi connectivity index (χ3n) is 2.03. The lowest BCUT2D eigenvalue weighted by atomic mass is 10.3. The number of nitrogens with zero attached hydrogens (tertiary/aromatic N) is 2. The monoisotopic (exact) mass is 214 g/mol. The van der Waals surface area contributed by atoms with Crippen LogP contribution in [-0.2, 0) is 6.54 Å². The van der Waals surface area contributed by atoms with Crippen LogP contribution in [0.25, 0.3) is 0 Å². The first-order valence-corrected chi connectivity index (χ1v) is 4.83. The van der Waals surface area contributed by atoms with E-state index in [4.69, 9.17) is 0 Å². The van der Waals surface area contributed by atoms with Crippen molar-refractivity contribution in [3.05, 3.63) is 16.4 Å². The van der Waals surface area contributed by atoms with Crippen molar-refractivity contribution in [2.24, 2.45) is 0 Å². The van der Waals surface area contributed by atoms with Crippen molar-refractivity contribution in [2.45, 2.75) is 32.2 Å². The smallest absolute Gasteiger partial charge is 0.0797 e. The molecule has 1 aromatic heterocycles. The van der Waals surface area contributed by atoms with Crippen molar-refractivity contribution < 1.29 is 0 Å². The zero-order valence-corrected chi connectivity index (χ0v) is 8.13. The molecule has 0 N–H and O–H groups in total. The van der Waals surface area contributed by atoms with Crippen molar-refractivity contribution in [1.29, 1.82) is 0 Å². The molecule has 3 heteroatoms. The number of aryl methyl sites for hydroxylation is 1. The van der Waals surface area contributed by atoms with Gasteiger partial charge in [0.25, 0.3) is 0 Å². The fourth-order valence-electron chi connectivity index (χ4n) is 1.21. The van der Waals surface area contributed by atoms with Crippen LogP contribution < -0.4 is 0 Å². The van der Waals surface area contributed by atoms with E-state index >= 15 is 0 Å². The molecule has 0 unspecified atom stereocenters. The summed E-state index contributed by atoms with van der Waals surface area (Å²) in [7, 11) is 0. The van der Waals surface area contributed by atoms with Crippen molar-refractivity contribution >= 4 is 15.9 Å². The van der Waals surface area contributed by atoms with E-state index in [0.717, 1.165) is 12.5 Å². The average molecular weight is 215 g/mol. The topological polar surface area (TPSA) is 17.8 Å². The molecule has 0 bridgehead atoms. The Labute approximate surface area is 74.7 Å². The van der Waals surface area contributed by atoms with Gasteiger partial charge >= 0.3 is 0 Å². The van der Waals surface area contributed by atoms with Gasteiger partial charge in [-0.15, -0.1) is 0 Å². The van der Waals surface area contributed by atoms with Gasteiger partial charge in [0.2, 0.25) is 0 Å². The molecule has 0 aliphatic heterocycles. The second kappa shape index (κ2) is 2.63. The third kappa shape index (κ3) is 1.34. The Hall–Kier alpha value is -0.310. The summed E-state index contributed by atoms with van der Waals surface area (Å²) >= 11 is 3.52. The Morgan fingerprint density at radius 1 is 1.73 bits per heavy atom. The molecule has 0 spiro atoms. The molecule has 1 aliphatic carbocycles. The molecule has 0 radical (unpaired) electrons. The van der Waals surface area contributed by atoms with E-state index in [1.165, 1.54) is 23.0 Å². The van der Waals surface area contributed by atoms with Gasteiger partial charge in [0, 0.05) is 18.7 Å². The molecule has 0 amide bonds. The summed E-state index contributed by atoms with van der Waals surface area (Å²) in [6.45, 7) is 3.07. The van der Waals surface area contributed by atoms with Crippen molar-refractivity contribution in [3.8, 4) is 0 Å². The predicted molar refractivity (Wildman–Crippen MR) is 47.6 cm³/mol. The Morgan fingerprint density at radius 2 is 2.45 bits per heavy atom. The van der Waals surface area contributed by atoms with Crippen LogP contribution in [0, 0.1) is 0 Å². The molecule has 0 atom stereocenters. The summed E-state index contributed by atoms with van der Waals surface area (Å²) in [5.41, 5.74) is 1.26. The van der Waals surface area contributed by atoms with Gasteiger partial charge in [0.15, 0.2) is 0 Å². The van der Waals surface area contributed by atoms with Crippen LogP contribution in [0.5, 0.6) is 0 Å². The number of rotatable bonds is 2. The van der Waals surface area contributed by atoms with Crippen LogP contribution in [0.15, 0.2) is 10.7 Å². The van der Waals surface area contributed by atoms with E-state index < -0.39 is 0 Å². The number of hydrogen-bond donors (Lipinski definition) is 0. The molecule has 0 aromatic carbocycles. The number of aromatic nitrogens is 2. The highest BCUT2D eigenvalue weighted by Crippen LogP contribution is 2.42. The molecule has 2 rings (SSSR count). The SMILES string of the molecule is CCn1cc(Br)c(C2CC2)n1. The van der Waals surface area contributed by atoms with Crippen LogP contribution >= 0.6 is 15.9 Å². The highest BCUT2D eigenvalue weighted by molar-refractivity contribution is 9.10. The van der Waals surface area contributed by atoms with Crippen LogP contribution in [0.3, 0.4) is 0 Å². The van der Waals surface area contributed by atoms with Crippen molar-refractivity contribution in [2.75, 3.05) is 0 Å². The summed E-state index contributed by atoms with van der Waals surface area (Å²) in [6, 6.07) is 0. The minimum absolute atomic E-state index is 0.747. The van der Waals surface area contributed by atoms with E-state index in [1.54, 1.807) is 0 Å². The molecular weight excluding hydrogens is 204 g/mol. The molecule has 1 fully saturated rings. The normalized spacial score (nSPS) is 17.3. The summed E-state index contributed by atoms with van der Waals surface area (Å²) in [5.74, 6) is 0.747. The van der Waals surface area contributed by atoms with Gasteiger partial charge in [-0.1, -0.05) is 0 Å². The van der Waals surface area contributed by atoms with Gasteiger partial charge in [-0.3, -0.25) is 4.68 Å². The number of hydrogen-bond acceptors (Lipinski definition) is 1. The van der Waals surface area contributed by atoms with E-state index in [-0.39, 0.29) is 0 Å². The zero-order valence-electron chi connectivity index (χ0n) is 6.55. The fourth-order valence-corrected chi connectivity index (χ4v) is 1.85. The maximum Gasteiger partial charge on any atom is 0.0797 e. The average Bonchev–Trinajstić information content (AvgIpc) is 2.76. The summed E-state index contributed by atoms with van der Waals surface area (Å²) in [5, 5.41) is 4.46. The molecule has 1 aromatic rings. The minimum atomic E-state index is 0.747. The van der Waals surface area contributed by atoms with Gasteiger partial charge in [0.1, 0.15) is 0 Å². The summed E-state index contributed by atoms with van der Waals surface area (Å²) in [6.07, 6.45) is 4.70. The zero-order chi connectivity index (χ0) is 7.84. The van der Waals surface area contributed by atoms with Crippen LogP contribution in [0.4, 0.5) is 0 Å². The van der Waals surface area contributed by atoms with Crippen LogP contribution in [0.2, 0.25) is 0 Å². The lowest BCUT2D eigenvalue weighted by Gasteiger charge is -1.91. The summed E-state index contributed by atoms with van der Waals surface area (Å²) in [4.78, 5) is 0. The minimum Gasteiger partial charge on any atom is -0.272 e. The molecule has 0 saturated heterocycles. The van der Waals surface area contributed by atoms with Gasteiger partial charge in [0.05, 0.1) is 10.2 Å². The standard InChI is InChI=1S/C8H11BrN2/c1-2-11-5-7(9)8(10-11)6-3-4-6/h5-6H,2-4H2,1H3. The van der Waals surface area contributed by atoms with Gasteiger partial charge < -0.3 is 0 Å². The first-order valence-electron chi connectivity index (χ1n) is 4.04. The lowest BCUT2D eigenvalue weighted by Crippen LogP contribution is -1.94. The largest absolute Gasteiger partial charge is 0.272 e. The lowest BCUT2D eigenvalue weighted by molar-refractivity contribution is 0.647. The van der Waals surface area contributed by atoms with Crippen LogP contribution in [0.1, 0.15) is 31.4 Å². The van der Waals surface area contributed by atoms with E-state index in [9.17, 15) is 0 Å². The maximum atomic E-state index is 4.46. The first kappa shape index (κ1) is 7.35.